The van der Waals surface area contributed by atoms with Crippen molar-refractivity contribution in [2.45, 2.75) is 24.9 Å². The lowest BCUT2D eigenvalue weighted by Crippen LogP contribution is -2.27. The average molecular weight is 331 g/mol. The van der Waals surface area contributed by atoms with Crippen LogP contribution in [-0.4, -0.2) is 15.5 Å². The quantitative estimate of drug-likeness (QED) is 0.722. The van der Waals surface area contributed by atoms with Gasteiger partial charge in [-0.05, 0) is 36.6 Å². The van der Waals surface area contributed by atoms with Gasteiger partial charge in [0, 0.05) is 11.6 Å². The minimum Gasteiger partial charge on any atom is -0.334 e. The first-order valence-corrected chi connectivity index (χ1v) is 8.23. The number of hydrogen-bond donors (Lipinski definition) is 2. The molecule has 1 aromatic heterocycles. The second-order valence-electron chi connectivity index (χ2n) is 6.25. The molecule has 25 heavy (non-hydrogen) atoms. The summed E-state index contributed by atoms with van der Waals surface area (Å²) in [7, 11) is 0. The van der Waals surface area contributed by atoms with E-state index in [1.165, 1.54) is 0 Å². The fraction of sp³-hybridized carbons (Fsp3) is 0.200. The van der Waals surface area contributed by atoms with E-state index in [0.717, 1.165) is 29.4 Å². The fourth-order valence-electron chi connectivity index (χ4n) is 3.04. The molecule has 1 aliphatic rings. The van der Waals surface area contributed by atoms with Gasteiger partial charge in [-0.1, -0.05) is 36.3 Å². The van der Waals surface area contributed by atoms with Crippen molar-refractivity contribution in [1.29, 1.82) is 0 Å². The highest BCUT2D eigenvalue weighted by Crippen LogP contribution is 2.35. The average Bonchev–Trinajstić information content (AvgIpc) is 3.41. The summed E-state index contributed by atoms with van der Waals surface area (Å²) in [6, 6.07) is 14.4. The van der Waals surface area contributed by atoms with Gasteiger partial charge in [0.15, 0.2) is 0 Å². The van der Waals surface area contributed by atoms with Gasteiger partial charge >= 0.3 is 5.69 Å². The van der Waals surface area contributed by atoms with Gasteiger partial charge in [-0.25, -0.2) is 4.79 Å². The van der Waals surface area contributed by atoms with E-state index in [0.29, 0.717) is 5.56 Å². The molecule has 0 saturated heterocycles. The maximum absolute atomic E-state index is 12.6. The first kappa shape index (κ1) is 15.3. The molecule has 0 aliphatic heterocycles. The molecule has 124 valence electrons. The molecule has 1 atom stereocenters. The van der Waals surface area contributed by atoms with E-state index in [1.807, 2.05) is 30.3 Å². The Bertz CT molecular complexity index is 1040. The molecule has 0 radical (unpaired) electrons. The van der Waals surface area contributed by atoms with Crippen molar-refractivity contribution in [3.63, 3.8) is 0 Å². The number of nitrogens with one attached hydrogen (secondary N) is 2. The summed E-state index contributed by atoms with van der Waals surface area (Å²) in [4.78, 5) is 27.6. The molecule has 1 saturated carbocycles. The Kier molecular flexibility index (Phi) is 3.66. The molecule has 2 N–H and O–H groups in total. The van der Waals surface area contributed by atoms with Gasteiger partial charge in [0.25, 0.3) is 5.91 Å². The third-order valence-electron chi connectivity index (χ3n) is 4.47. The number of carbonyl (C=O) groups excluding carboxylic acids is 1. The van der Waals surface area contributed by atoms with Crippen molar-refractivity contribution in [1.82, 2.24) is 14.9 Å². The number of rotatable bonds is 4. The number of aromatic nitrogens is 2. The molecule has 3 aromatic rings. The predicted octanol–water partition coefficient (Wildman–Crippen LogP) is 2.77. The first-order chi connectivity index (χ1) is 12.2. The zero-order chi connectivity index (χ0) is 17.4. The van der Waals surface area contributed by atoms with E-state index in [2.05, 4.69) is 16.2 Å². The summed E-state index contributed by atoms with van der Waals surface area (Å²) >= 11 is 0. The molecule has 5 heteroatoms. The van der Waals surface area contributed by atoms with Crippen LogP contribution in [0.15, 0.2) is 53.3 Å². The van der Waals surface area contributed by atoms with Crippen molar-refractivity contribution in [2.24, 2.45) is 0 Å². The Labute approximate surface area is 144 Å². The van der Waals surface area contributed by atoms with Crippen LogP contribution in [0.25, 0.3) is 11.0 Å². The first-order valence-electron chi connectivity index (χ1n) is 8.23. The maximum atomic E-state index is 12.6. The molecule has 2 aromatic carbocycles. The highest BCUT2D eigenvalue weighted by molar-refractivity contribution is 5.97. The van der Waals surface area contributed by atoms with Crippen LogP contribution in [0.4, 0.5) is 0 Å². The number of H-pyrrole nitrogens is 1. The summed E-state index contributed by atoms with van der Waals surface area (Å²) in [5, 5.41) is 2.86. The predicted molar refractivity (Wildman–Crippen MR) is 96.3 cm³/mol. The Morgan fingerprint density at radius 2 is 2.00 bits per heavy atom. The topological polar surface area (TPSA) is 66.9 Å². The van der Waals surface area contributed by atoms with Crippen LogP contribution >= 0.6 is 0 Å². The standard InChI is InChI=1S/C20H17N3O2/c1-2-16(13-6-4-3-5-7-13)21-19(24)14-8-11-17-18(12-14)23(15-9-10-15)20(25)22-17/h1,3-8,11-12,15-16H,9-10H2,(H,21,24)(H,22,25). The Hall–Kier alpha value is -3.26. The Morgan fingerprint density at radius 3 is 2.68 bits per heavy atom. The van der Waals surface area contributed by atoms with Gasteiger partial charge in [-0.2, -0.15) is 0 Å². The lowest BCUT2D eigenvalue weighted by atomic mass is 10.1. The van der Waals surface area contributed by atoms with E-state index in [4.69, 9.17) is 6.42 Å². The molecule has 4 rings (SSSR count). The lowest BCUT2D eigenvalue weighted by molar-refractivity contribution is 0.0945. The van der Waals surface area contributed by atoms with Gasteiger partial charge in [-0.15, -0.1) is 6.42 Å². The Balaban J connectivity index is 1.65. The summed E-state index contributed by atoms with van der Waals surface area (Å²) in [5.74, 6) is 2.35. The number of fused-ring (bicyclic) bond motifs is 1. The third kappa shape index (κ3) is 2.83. The highest BCUT2D eigenvalue weighted by Gasteiger charge is 2.27. The zero-order valence-electron chi connectivity index (χ0n) is 13.5. The number of carbonyl (C=O) groups is 1. The summed E-state index contributed by atoms with van der Waals surface area (Å²) in [6.45, 7) is 0. The molecular weight excluding hydrogens is 314 g/mol. The minimum atomic E-state index is -0.499. The van der Waals surface area contributed by atoms with Crippen LogP contribution in [0.2, 0.25) is 0 Å². The van der Waals surface area contributed by atoms with Gasteiger partial charge in [-0.3, -0.25) is 9.36 Å². The normalized spacial score (nSPS) is 14.8. The number of imidazole rings is 1. The van der Waals surface area contributed by atoms with E-state index in [9.17, 15) is 9.59 Å². The van der Waals surface area contributed by atoms with Gasteiger partial charge in [0.1, 0.15) is 6.04 Å². The van der Waals surface area contributed by atoms with Crippen LogP contribution in [0.5, 0.6) is 0 Å². The molecule has 1 heterocycles. The number of hydrogen-bond acceptors (Lipinski definition) is 2. The number of amides is 1. The number of nitrogens with zero attached hydrogens (tertiary/aromatic N) is 1. The van der Waals surface area contributed by atoms with Crippen molar-refractivity contribution in [3.8, 4) is 12.3 Å². The SMILES string of the molecule is C#CC(NC(=O)c1ccc2[nH]c(=O)n(C3CC3)c2c1)c1ccccc1. The van der Waals surface area contributed by atoms with Crippen LogP contribution < -0.4 is 11.0 Å². The number of benzene rings is 2. The maximum Gasteiger partial charge on any atom is 0.326 e. The molecule has 1 aliphatic carbocycles. The molecule has 0 spiro atoms. The van der Waals surface area contributed by atoms with E-state index in [-0.39, 0.29) is 17.6 Å². The van der Waals surface area contributed by atoms with Gasteiger partial charge in [0.05, 0.1) is 11.0 Å². The monoisotopic (exact) mass is 331 g/mol. The van der Waals surface area contributed by atoms with Crippen LogP contribution in [0.1, 0.15) is 40.8 Å². The zero-order valence-corrected chi connectivity index (χ0v) is 13.5. The van der Waals surface area contributed by atoms with Crippen molar-refractivity contribution in [2.75, 3.05) is 0 Å². The van der Waals surface area contributed by atoms with Crippen LogP contribution in [0.3, 0.4) is 0 Å². The summed E-state index contributed by atoms with van der Waals surface area (Å²) in [5.41, 5.74) is 2.72. The molecule has 5 nitrogen and oxygen atoms in total. The van der Waals surface area contributed by atoms with Crippen molar-refractivity contribution < 1.29 is 4.79 Å². The summed E-state index contributed by atoms with van der Waals surface area (Å²) < 4.78 is 1.74. The summed E-state index contributed by atoms with van der Waals surface area (Å²) in [6.07, 6.45) is 7.57. The molecule has 1 unspecified atom stereocenters. The molecule has 1 fully saturated rings. The van der Waals surface area contributed by atoms with Gasteiger partial charge in [0.2, 0.25) is 0 Å². The highest BCUT2D eigenvalue weighted by atomic mass is 16.2. The van der Waals surface area contributed by atoms with Gasteiger partial charge < -0.3 is 10.3 Å². The number of terminal acetylenes is 1. The second kappa shape index (κ2) is 5.99. The largest absolute Gasteiger partial charge is 0.334 e. The fourth-order valence-corrected chi connectivity index (χ4v) is 3.04. The molecule has 0 bridgehead atoms. The minimum absolute atomic E-state index is 0.124. The third-order valence-corrected chi connectivity index (χ3v) is 4.47. The van der Waals surface area contributed by atoms with Crippen LogP contribution in [-0.2, 0) is 0 Å². The second-order valence-corrected chi connectivity index (χ2v) is 6.25. The van der Waals surface area contributed by atoms with Crippen LogP contribution in [0, 0.1) is 12.3 Å². The smallest absolute Gasteiger partial charge is 0.326 e. The van der Waals surface area contributed by atoms with E-state index >= 15 is 0 Å². The van der Waals surface area contributed by atoms with Crippen molar-refractivity contribution >= 4 is 16.9 Å². The molecular formula is C20H17N3O2. The van der Waals surface area contributed by atoms with Crippen molar-refractivity contribution in [3.05, 3.63) is 70.1 Å². The van der Waals surface area contributed by atoms with E-state index < -0.39 is 6.04 Å². The number of aromatic amines is 1. The Morgan fingerprint density at radius 1 is 1.24 bits per heavy atom. The lowest BCUT2D eigenvalue weighted by Gasteiger charge is -2.13. The van der Waals surface area contributed by atoms with E-state index in [1.54, 1.807) is 22.8 Å². The molecule has 1 amide bonds.